The van der Waals surface area contributed by atoms with Crippen LogP contribution in [0.25, 0.3) is 0 Å². The quantitative estimate of drug-likeness (QED) is 0.516. The fraction of sp³-hybridized carbons (Fsp3) is 0.333. The molecule has 0 unspecified atom stereocenters. The lowest BCUT2D eigenvalue weighted by Crippen LogP contribution is -1.67. The molecule has 0 aliphatic carbocycles. The third-order valence-electron chi connectivity index (χ3n) is 0.904. The maximum Gasteiger partial charge on any atom is 0.0985 e. The lowest BCUT2D eigenvalue weighted by molar-refractivity contribution is 0.564. The Kier molecular flexibility index (Phi) is 1.16. The zero-order valence-electron chi connectivity index (χ0n) is 4.27. The summed E-state index contributed by atoms with van der Waals surface area (Å²) in [7, 11) is 0. The topological polar surface area (TPSA) is 13.1 Å². The van der Waals surface area contributed by atoms with Crippen LogP contribution in [-0.2, 0) is 6.42 Å². The highest BCUT2D eigenvalue weighted by Crippen LogP contribution is 1.97. The van der Waals surface area contributed by atoms with Crippen LogP contribution in [0, 0.1) is 6.07 Å². The molecule has 0 atom stereocenters. The van der Waals surface area contributed by atoms with E-state index in [1.807, 2.05) is 0 Å². The molecule has 0 aromatic carbocycles. The van der Waals surface area contributed by atoms with Gasteiger partial charge in [0.05, 0.1) is 12.5 Å². The van der Waals surface area contributed by atoms with Crippen LogP contribution >= 0.6 is 0 Å². The van der Waals surface area contributed by atoms with E-state index >= 15 is 0 Å². The zero-order valence-corrected chi connectivity index (χ0v) is 4.27. The van der Waals surface area contributed by atoms with Gasteiger partial charge in [-0.15, -0.1) is 0 Å². The number of aryl methyl sites for hydroxylation is 1. The predicted molar refractivity (Wildman–Crippen MR) is 26.9 cm³/mol. The molecule has 0 N–H and O–H groups in total. The molecule has 1 radical (unpaired) electrons. The zero-order chi connectivity index (χ0) is 5.11. The smallest absolute Gasteiger partial charge is 0.0985 e. The van der Waals surface area contributed by atoms with E-state index in [0.29, 0.717) is 0 Å². The first-order valence-electron chi connectivity index (χ1n) is 2.36. The minimum absolute atomic E-state index is 1.01. The summed E-state index contributed by atoms with van der Waals surface area (Å²) in [6.07, 6.45) is 4.29. The Balaban J connectivity index is 2.76. The van der Waals surface area contributed by atoms with Gasteiger partial charge in [0.2, 0.25) is 0 Å². The molecule has 7 heavy (non-hydrogen) atoms. The Labute approximate surface area is 43.0 Å². The van der Waals surface area contributed by atoms with Crippen molar-refractivity contribution >= 4 is 0 Å². The van der Waals surface area contributed by atoms with Gasteiger partial charge < -0.3 is 4.42 Å². The summed E-state index contributed by atoms with van der Waals surface area (Å²) in [6.45, 7) is 2.07. The second kappa shape index (κ2) is 1.82. The monoisotopic (exact) mass is 95.0 g/mol. The highest BCUT2D eigenvalue weighted by molar-refractivity contribution is 5.01. The maximum atomic E-state index is 4.75. The molecule has 1 rings (SSSR count). The molecule has 1 heterocycles. The van der Waals surface area contributed by atoms with Crippen molar-refractivity contribution < 1.29 is 4.42 Å². The van der Waals surface area contributed by atoms with Crippen molar-refractivity contribution in [2.75, 3.05) is 0 Å². The van der Waals surface area contributed by atoms with E-state index in [1.165, 1.54) is 0 Å². The molecule has 0 aliphatic rings. The summed E-state index contributed by atoms with van der Waals surface area (Å²) in [5.74, 6) is 0. The molecule has 0 aliphatic heterocycles. The largest absolute Gasteiger partial charge is 0.472 e. The van der Waals surface area contributed by atoms with Crippen molar-refractivity contribution in [3.8, 4) is 0 Å². The average Bonchev–Trinajstić information content (AvgIpc) is 2.14. The molecule has 1 heteroatoms. The van der Waals surface area contributed by atoms with Crippen LogP contribution in [0.1, 0.15) is 12.5 Å². The molecular weight excluding hydrogens is 88.1 g/mol. The van der Waals surface area contributed by atoms with Crippen molar-refractivity contribution in [2.45, 2.75) is 13.3 Å². The van der Waals surface area contributed by atoms with Gasteiger partial charge in [-0.3, -0.25) is 0 Å². The lowest BCUT2D eigenvalue weighted by atomic mass is 10.3. The van der Waals surface area contributed by atoms with Gasteiger partial charge in [0.15, 0.2) is 0 Å². The van der Waals surface area contributed by atoms with Gasteiger partial charge in [0.25, 0.3) is 0 Å². The highest BCUT2D eigenvalue weighted by atomic mass is 16.3. The van der Waals surface area contributed by atoms with Gasteiger partial charge in [-0.2, -0.15) is 0 Å². The number of hydrogen-bond donors (Lipinski definition) is 0. The van der Waals surface area contributed by atoms with Gasteiger partial charge >= 0.3 is 0 Å². The van der Waals surface area contributed by atoms with Crippen molar-refractivity contribution in [3.63, 3.8) is 0 Å². The first-order chi connectivity index (χ1) is 3.43. The predicted octanol–water partition coefficient (Wildman–Crippen LogP) is 1.64. The SMILES string of the molecule is CCc1[c]coc1. The van der Waals surface area contributed by atoms with Crippen molar-refractivity contribution in [1.82, 2.24) is 0 Å². The first-order valence-corrected chi connectivity index (χ1v) is 2.36. The summed E-state index contributed by atoms with van der Waals surface area (Å²) >= 11 is 0. The van der Waals surface area contributed by atoms with Gasteiger partial charge in [0.1, 0.15) is 0 Å². The standard InChI is InChI=1S/C6H7O/c1-2-6-3-4-7-5-6/h4-5H,2H2,1H3. The molecule has 0 saturated carbocycles. The van der Waals surface area contributed by atoms with Crippen molar-refractivity contribution in [2.24, 2.45) is 0 Å². The summed E-state index contributed by atoms with van der Waals surface area (Å²) in [4.78, 5) is 0. The maximum absolute atomic E-state index is 4.75. The van der Waals surface area contributed by atoms with Crippen LogP contribution in [0.15, 0.2) is 16.9 Å². The van der Waals surface area contributed by atoms with E-state index in [-0.39, 0.29) is 0 Å². The Morgan fingerprint density at radius 2 is 2.71 bits per heavy atom. The summed E-state index contributed by atoms with van der Waals surface area (Å²) in [5, 5.41) is 0. The van der Waals surface area contributed by atoms with E-state index in [4.69, 9.17) is 4.42 Å². The first kappa shape index (κ1) is 4.44. The van der Waals surface area contributed by atoms with Crippen molar-refractivity contribution in [3.05, 3.63) is 24.2 Å². The highest BCUT2D eigenvalue weighted by Gasteiger charge is 1.84. The average molecular weight is 95.1 g/mol. The molecule has 0 amide bonds. The van der Waals surface area contributed by atoms with E-state index in [2.05, 4.69) is 13.0 Å². The van der Waals surface area contributed by atoms with Crippen LogP contribution < -0.4 is 0 Å². The molecular formula is C6H7O. The number of rotatable bonds is 1. The second-order valence-corrected chi connectivity index (χ2v) is 1.39. The summed E-state index contributed by atoms with van der Waals surface area (Å²) in [6, 6.07) is 2.92. The molecule has 1 aromatic heterocycles. The van der Waals surface area contributed by atoms with Crippen molar-refractivity contribution in [1.29, 1.82) is 0 Å². The Bertz CT molecular complexity index is 119. The minimum Gasteiger partial charge on any atom is -0.472 e. The second-order valence-electron chi connectivity index (χ2n) is 1.39. The van der Waals surface area contributed by atoms with E-state index in [9.17, 15) is 0 Å². The minimum atomic E-state index is 1.01. The molecule has 1 aromatic rings. The third kappa shape index (κ3) is 0.829. The Morgan fingerprint density at radius 3 is 3.00 bits per heavy atom. The molecule has 1 nitrogen and oxygen atoms in total. The van der Waals surface area contributed by atoms with Gasteiger partial charge in [-0.25, -0.2) is 0 Å². The number of hydrogen-bond acceptors (Lipinski definition) is 1. The van der Waals surface area contributed by atoms with E-state index < -0.39 is 0 Å². The van der Waals surface area contributed by atoms with Gasteiger partial charge in [-0.1, -0.05) is 6.92 Å². The Morgan fingerprint density at radius 1 is 1.86 bits per heavy atom. The fourth-order valence-electron chi connectivity index (χ4n) is 0.445. The lowest BCUT2D eigenvalue weighted by Gasteiger charge is -1.76. The van der Waals surface area contributed by atoms with Crippen LogP contribution in [0.2, 0.25) is 0 Å². The molecule has 37 valence electrons. The Hall–Kier alpha value is -0.720. The van der Waals surface area contributed by atoms with Crippen LogP contribution in [-0.4, -0.2) is 0 Å². The van der Waals surface area contributed by atoms with Crippen LogP contribution in [0.5, 0.6) is 0 Å². The molecule has 0 bridgehead atoms. The summed E-state index contributed by atoms with van der Waals surface area (Å²) < 4.78 is 4.75. The van der Waals surface area contributed by atoms with E-state index in [0.717, 1.165) is 12.0 Å². The van der Waals surface area contributed by atoms with Crippen LogP contribution in [0.3, 0.4) is 0 Å². The molecule has 0 saturated heterocycles. The van der Waals surface area contributed by atoms with Crippen LogP contribution in [0.4, 0.5) is 0 Å². The van der Waals surface area contributed by atoms with Gasteiger partial charge in [0, 0.05) is 6.07 Å². The van der Waals surface area contributed by atoms with Gasteiger partial charge in [-0.05, 0) is 12.0 Å². The number of furan rings is 1. The van der Waals surface area contributed by atoms with E-state index in [1.54, 1.807) is 12.5 Å². The summed E-state index contributed by atoms with van der Waals surface area (Å²) in [5.41, 5.74) is 1.14. The third-order valence-corrected chi connectivity index (χ3v) is 0.904. The fourth-order valence-corrected chi connectivity index (χ4v) is 0.445. The normalized spacial score (nSPS) is 9.29. The molecule has 0 fully saturated rings. The molecule has 0 spiro atoms.